The van der Waals surface area contributed by atoms with E-state index in [0.717, 1.165) is 19.6 Å². The lowest BCUT2D eigenvalue weighted by molar-refractivity contribution is -0.0367. The molecular weight excluding hydrogens is 356 g/mol. The number of aliphatic hydroxyl groups is 1. The van der Waals surface area contributed by atoms with Crippen LogP contribution < -0.4 is 9.47 Å². The van der Waals surface area contributed by atoms with E-state index < -0.39 is 5.60 Å². The Balaban J connectivity index is 1.62. The molecule has 0 radical (unpaired) electrons. The first kappa shape index (κ1) is 20.7. The Morgan fingerprint density at radius 1 is 1.18 bits per heavy atom. The van der Waals surface area contributed by atoms with Crippen LogP contribution in [0.3, 0.4) is 0 Å². The van der Waals surface area contributed by atoms with Crippen LogP contribution in [-0.4, -0.2) is 72.4 Å². The maximum atomic E-state index is 13.0. The summed E-state index contributed by atoms with van der Waals surface area (Å²) in [6, 6.07) is 5.29. The monoisotopic (exact) mass is 388 g/mol. The van der Waals surface area contributed by atoms with Gasteiger partial charge in [0.15, 0.2) is 11.5 Å². The highest BCUT2D eigenvalue weighted by Gasteiger charge is 2.36. The van der Waals surface area contributed by atoms with Crippen LogP contribution in [0.4, 0.5) is 0 Å². The minimum absolute atomic E-state index is 0.0283. The Morgan fingerprint density at radius 2 is 1.89 bits per heavy atom. The second kappa shape index (κ2) is 9.43. The number of rotatable bonds is 8. The molecule has 0 unspecified atom stereocenters. The molecule has 2 heterocycles. The zero-order valence-electron chi connectivity index (χ0n) is 16.9. The molecule has 154 valence electrons. The number of carbonyl (C=O) groups is 1. The predicted octanol–water partition coefficient (Wildman–Crippen LogP) is 2.71. The van der Waals surface area contributed by atoms with E-state index in [9.17, 15) is 9.90 Å². The van der Waals surface area contributed by atoms with Crippen LogP contribution in [-0.2, 0) is 0 Å². The van der Waals surface area contributed by atoms with Crippen LogP contribution in [0.1, 0.15) is 43.0 Å². The van der Waals surface area contributed by atoms with Crippen molar-refractivity contribution in [3.05, 3.63) is 36.4 Å². The molecule has 0 bridgehead atoms. The van der Waals surface area contributed by atoms with Gasteiger partial charge in [-0.05, 0) is 63.9 Å². The topological polar surface area (TPSA) is 62.2 Å². The third-order valence-corrected chi connectivity index (χ3v) is 5.55. The third kappa shape index (κ3) is 5.06. The van der Waals surface area contributed by atoms with Crippen LogP contribution in [0, 0.1) is 0 Å². The Morgan fingerprint density at radius 3 is 2.54 bits per heavy atom. The molecule has 6 heteroatoms. The van der Waals surface area contributed by atoms with Crippen LogP contribution in [0.15, 0.2) is 30.9 Å². The fourth-order valence-corrected chi connectivity index (χ4v) is 4.00. The SMILES string of the molecule is C=CCOc1ccc(C(=O)N2CCC(O)(CN3CCCC3)CC2)cc1OCC. The zero-order valence-corrected chi connectivity index (χ0v) is 16.9. The number of hydrogen-bond acceptors (Lipinski definition) is 5. The van der Waals surface area contributed by atoms with Gasteiger partial charge >= 0.3 is 0 Å². The van der Waals surface area contributed by atoms with Crippen molar-refractivity contribution in [2.45, 2.75) is 38.2 Å². The van der Waals surface area contributed by atoms with Crippen molar-refractivity contribution in [1.29, 1.82) is 0 Å². The summed E-state index contributed by atoms with van der Waals surface area (Å²) in [5.41, 5.74) is -0.0978. The summed E-state index contributed by atoms with van der Waals surface area (Å²) in [6.45, 7) is 10.4. The third-order valence-electron chi connectivity index (χ3n) is 5.55. The largest absolute Gasteiger partial charge is 0.490 e. The molecule has 2 saturated heterocycles. The van der Waals surface area contributed by atoms with Crippen LogP contribution in [0.25, 0.3) is 0 Å². The quantitative estimate of drug-likeness (QED) is 0.694. The Bertz CT molecular complexity index is 677. The summed E-state index contributed by atoms with van der Waals surface area (Å²) < 4.78 is 11.2. The van der Waals surface area contributed by atoms with E-state index in [2.05, 4.69) is 11.5 Å². The molecule has 0 aliphatic carbocycles. The minimum Gasteiger partial charge on any atom is -0.490 e. The Kier molecular flexibility index (Phi) is 6.97. The zero-order chi connectivity index (χ0) is 20.0. The van der Waals surface area contributed by atoms with Gasteiger partial charge in [-0.2, -0.15) is 0 Å². The number of carbonyl (C=O) groups excluding carboxylic acids is 1. The van der Waals surface area contributed by atoms with E-state index in [1.807, 2.05) is 11.8 Å². The standard InChI is InChI=1S/C22H32N2O4/c1-3-15-28-19-8-7-18(16-20(19)27-4-2)21(25)24-13-9-22(26,10-14-24)17-23-11-5-6-12-23/h3,7-8,16,26H,1,4-6,9-15,17H2,2H3. The molecule has 2 aliphatic rings. The number of nitrogens with zero attached hydrogens (tertiary/aromatic N) is 2. The van der Waals surface area contributed by atoms with Gasteiger partial charge in [-0.15, -0.1) is 0 Å². The van der Waals surface area contributed by atoms with Gasteiger partial charge in [-0.3, -0.25) is 4.79 Å². The Labute approximate surface area is 167 Å². The summed E-state index contributed by atoms with van der Waals surface area (Å²) >= 11 is 0. The van der Waals surface area contributed by atoms with Crippen molar-refractivity contribution < 1.29 is 19.4 Å². The van der Waals surface area contributed by atoms with Gasteiger partial charge in [0, 0.05) is 25.2 Å². The van der Waals surface area contributed by atoms with Crippen molar-refractivity contribution in [3.63, 3.8) is 0 Å². The first-order valence-electron chi connectivity index (χ1n) is 10.3. The lowest BCUT2D eigenvalue weighted by atomic mass is 9.90. The number of β-amino-alcohol motifs (C(OH)–C–C–N with tert-alkyl or cyclic N) is 1. The molecule has 28 heavy (non-hydrogen) atoms. The van der Waals surface area contributed by atoms with E-state index in [0.29, 0.717) is 56.2 Å². The lowest BCUT2D eigenvalue weighted by Gasteiger charge is -2.40. The van der Waals surface area contributed by atoms with Gasteiger partial charge < -0.3 is 24.4 Å². The number of ether oxygens (including phenoxy) is 2. The summed E-state index contributed by atoms with van der Waals surface area (Å²) in [4.78, 5) is 17.1. The number of benzene rings is 1. The van der Waals surface area contributed by atoms with Gasteiger partial charge in [0.25, 0.3) is 5.91 Å². The van der Waals surface area contributed by atoms with Gasteiger partial charge in [-0.1, -0.05) is 12.7 Å². The summed E-state index contributed by atoms with van der Waals surface area (Å²) in [7, 11) is 0. The van der Waals surface area contributed by atoms with E-state index >= 15 is 0 Å². The number of likely N-dealkylation sites (tertiary alicyclic amines) is 2. The molecule has 0 spiro atoms. The van der Waals surface area contributed by atoms with E-state index in [4.69, 9.17) is 9.47 Å². The fraction of sp³-hybridized carbons (Fsp3) is 0.591. The molecule has 1 N–H and O–H groups in total. The smallest absolute Gasteiger partial charge is 0.253 e. The lowest BCUT2D eigenvalue weighted by Crippen LogP contribution is -2.51. The second-order valence-corrected chi connectivity index (χ2v) is 7.69. The highest BCUT2D eigenvalue weighted by atomic mass is 16.5. The Hall–Kier alpha value is -2.05. The molecule has 6 nitrogen and oxygen atoms in total. The van der Waals surface area contributed by atoms with Crippen molar-refractivity contribution in [2.24, 2.45) is 0 Å². The van der Waals surface area contributed by atoms with Gasteiger partial charge in [0.2, 0.25) is 0 Å². The van der Waals surface area contributed by atoms with Crippen molar-refractivity contribution in [3.8, 4) is 11.5 Å². The number of piperidine rings is 1. The first-order valence-corrected chi connectivity index (χ1v) is 10.3. The van der Waals surface area contributed by atoms with Gasteiger partial charge in [0.1, 0.15) is 6.61 Å². The highest BCUT2D eigenvalue weighted by molar-refractivity contribution is 5.95. The van der Waals surface area contributed by atoms with Crippen molar-refractivity contribution in [2.75, 3.05) is 45.9 Å². The van der Waals surface area contributed by atoms with Gasteiger partial charge in [0.05, 0.1) is 12.2 Å². The number of amides is 1. The molecule has 1 aromatic carbocycles. The molecule has 2 aliphatic heterocycles. The van der Waals surface area contributed by atoms with Crippen LogP contribution in [0.5, 0.6) is 11.5 Å². The highest BCUT2D eigenvalue weighted by Crippen LogP contribution is 2.30. The average molecular weight is 389 g/mol. The molecule has 2 fully saturated rings. The fourth-order valence-electron chi connectivity index (χ4n) is 4.00. The molecule has 0 atom stereocenters. The molecule has 0 saturated carbocycles. The molecular formula is C22H32N2O4. The van der Waals surface area contributed by atoms with Crippen LogP contribution in [0.2, 0.25) is 0 Å². The van der Waals surface area contributed by atoms with Crippen molar-refractivity contribution >= 4 is 5.91 Å². The van der Waals surface area contributed by atoms with E-state index in [1.54, 1.807) is 24.3 Å². The second-order valence-electron chi connectivity index (χ2n) is 7.69. The minimum atomic E-state index is -0.681. The maximum absolute atomic E-state index is 13.0. The van der Waals surface area contributed by atoms with Crippen molar-refractivity contribution in [1.82, 2.24) is 9.80 Å². The summed E-state index contributed by atoms with van der Waals surface area (Å²) in [5, 5.41) is 10.9. The molecule has 0 aromatic heterocycles. The van der Waals surface area contributed by atoms with E-state index in [-0.39, 0.29) is 5.91 Å². The molecule has 3 rings (SSSR count). The molecule has 1 aromatic rings. The number of hydrogen-bond donors (Lipinski definition) is 1. The predicted molar refractivity (Wildman–Crippen MR) is 109 cm³/mol. The summed E-state index contributed by atoms with van der Waals surface area (Å²) in [6.07, 6.45) is 5.35. The maximum Gasteiger partial charge on any atom is 0.253 e. The molecule has 1 amide bonds. The first-order chi connectivity index (χ1) is 13.5. The normalized spacial score (nSPS) is 19.4. The van der Waals surface area contributed by atoms with E-state index in [1.165, 1.54) is 12.8 Å². The average Bonchev–Trinajstić information content (AvgIpc) is 3.19. The summed E-state index contributed by atoms with van der Waals surface area (Å²) in [5.74, 6) is 1.15. The van der Waals surface area contributed by atoms with Gasteiger partial charge in [-0.25, -0.2) is 0 Å². The van der Waals surface area contributed by atoms with Crippen LogP contribution >= 0.6 is 0 Å².